The summed E-state index contributed by atoms with van der Waals surface area (Å²) in [6.45, 7) is 7.89. The van der Waals surface area contributed by atoms with E-state index < -0.39 is 0 Å². The van der Waals surface area contributed by atoms with E-state index in [-0.39, 0.29) is 0 Å². The third-order valence-corrected chi connectivity index (χ3v) is 3.94. The molecule has 1 heterocycles. The summed E-state index contributed by atoms with van der Waals surface area (Å²) >= 11 is 0. The topological polar surface area (TPSA) is 24.1 Å². The molecule has 1 aromatic rings. The van der Waals surface area contributed by atoms with Crippen LogP contribution in [-0.4, -0.2) is 18.6 Å². The van der Waals surface area contributed by atoms with Crippen molar-refractivity contribution < 1.29 is 0 Å². The number of aryl methyl sites for hydroxylation is 2. The molecule has 2 heteroatoms. The highest BCUT2D eigenvalue weighted by Gasteiger charge is 2.16. The van der Waals surface area contributed by atoms with Crippen LogP contribution in [-0.2, 0) is 6.42 Å². The number of hydrogen-bond acceptors (Lipinski definition) is 2. The molecule has 1 aliphatic heterocycles. The van der Waals surface area contributed by atoms with E-state index in [2.05, 4.69) is 49.6 Å². The minimum absolute atomic E-state index is 0.535. The molecule has 100 valence electrons. The molecule has 1 aliphatic rings. The van der Waals surface area contributed by atoms with Gasteiger partial charge in [0.2, 0.25) is 0 Å². The van der Waals surface area contributed by atoms with Crippen LogP contribution in [0.25, 0.3) is 0 Å². The first-order valence-corrected chi connectivity index (χ1v) is 7.28. The van der Waals surface area contributed by atoms with Crippen LogP contribution in [0.1, 0.15) is 44.2 Å². The van der Waals surface area contributed by atoms with E-state index in [4.69, 9.17) is 0 Å². The summed E-state index contributed by atoms with van der Waals surface area (Å²) in [5.41, 5.74) is 4.11. The van der Waals surface area contributed by atoms with Gasteiger partial charge in [0.05, 0.1) is 0 Å². The molecule has 0 bridgehead atoms. The maximum atomic E-state index is 3.63. The minimum atomic E-state index is 0.535. The molecule has 0 spiro atoms. The molecule has 1 aromatic carbocycles. The van der Waals surface area contributed by atoms with Crippen molar-refractivity contribution in [3.05, 3.63) is 29.3 Å². The fourth-order valence-corrected chi connectivity index (χ4v) is 2.87. The lowest BCUT2D eigenvalue weighted by Crippen LogP contribution is -2.29. The number of hydrogen-bond donors (Lipinski definition) is 2. The van der Waals surface area contributed by atoms with E-state index in [1.54, 1.807) is 0 Å². The van der Waals surface area contributed by atoms with Crippen molar-refractivity contribution in [2.45, 2.75) is 58.5 Å². The number of nitrogens with one attached hydrogen (secondary N) is 2. The van der Waals surface area contributed by atoms with Crippen molar-refractivity contribution in [1.29, 1.82) is 0 Å². The van der Waals surface area contributed by atoms with Gasteiger partial charge in [-0.3, -0.25) is 0 Å². The van der Waals surface area contributed by atoms with Crippen molar-refractivity contribution >= 4 is 5.69 Å². The zero-order chi connectivity index (χ0) is 13.0. The van der Waals surface area contributed by atoms with Crippen molar-refractivity contribution in [3.8, 4) is 0 Å². The molecule has 2 nitrogen and oxygen atoms in total. The zero-order valence-corrected chi connectivity index (χ0v) is 11.9. The predicted octanol–water partition coefficient (Wildman–Crippen LogP) is 3.50. The van der Waals surface area contributed by atoms with Crippen molar-refractivity contribution in [3.63, 3.8) is 0 Å². The third kappa shape index (κ3) is 3.49. The molecule has 0 aromatic heterocycles. The Morgan fingerprint density at radius 1 is 1.44 bits per heavy atom. The Bertz CT molecular complexity index is 381. The molecule has 18 heavy (non-hydrogen) atoms. The van der Waals surface area contributed by atoms with Crippen LogP contribution in [0.5, 0.6) is 0 Å². The van der Waals surface area contributed by atoms with Gasteiger partial charge >= 0.3 is 0 Å². The number of rotatable bonds is 5. The van der Waals surface area contributed by atoms with Crippen LogP contribution in [0.4, 0.5) is 5.69 Å². The Labute approximate surface area is 111 Å². The van der Waals surface area contributed by atoms with Gasteiger partial charge in [-0.2, -0.15) is 0 Å². The van der Waals surface area contributed by atoms with E-state index in [9.17, 15) is 0 Å². The summed E-state index contributed by atoms with van der Waals surface area (Å²) in [4.78, 5) is 0. The smallest absolute Gasteiger partial charge is 0.0345 e. The maximum absolute atomic E-state index is 3.63. The van der Waals surface area contributed by atoms with Crippen molar-refractivity contribution in [2.75, 3.05) is 11.9 Å². The van der Waals surface area contributed by atoms with Crippen LogP contribution in [0.2, 0.25) is 0 Å². The monoisotopic (exact) mass is 246 g/mol. The van der Waals surface area contributed by atoms with Gasteiger partial charge in [0.15, 0.2) is 0 Å². The fourth-order valence-electron chi connectivity index (χ4n) is 2.87. The molecule has 2 rings (SSSR count). The zero-order valence-electron chi connectivity index (χ0n) is 11.9. The average molecular weight is 246 g/mol. The average Bonchev–Trinajstić information content (AvgIpc) is 2.84. The molecule has 0 aliphatic carbocycles. The second kappa shape index (κ2) is 6.24. The highest BCUT2D eigenvalue weighted by atomic mass is 15.0. The van der Waals surface area contributed by atoms with Crippen molar-refractivity contribution in [2.24, 2.45) is 0 Å². The summed E-state index contributed by atoms with van der Waals surface area (Å²) in [6, 6.07) is 7.97. The normalized spacial score (nSPS) is 20.9. The Morgan fingerprint density at radius 2 is 2.28 bits per heavy atom. The highest BCUT2D eigenvalue weighted by molar-refractivity contribution is 5.49. The third-order valence-electron chi connectivity index (χ3n) is 3.94. The van der Waals surface area contributed by atoms with E-state index >= 15 is 0 Å². The van der Waals surface area contributed by atoms with Gasteiger partial charge in [-0.15, -0.1) is 0 Å². The SMILES string of the molecule is CCc1cc(NC(C)CC2CCCN2)ccc1C. The first-order valence-electron chi connectivity index (χ1n) is 7.28. The molecule has 2 unspecified atom stereocenters. The molecule has 2 N–H and O–H groups in total. The molecule has 1 saturated heterocycles. The molecular formula is C16H26N2. The summed E-state index contributed by atoms with van der Waals surface area (Å²) in [6.07, 6.45) is 5.00. The van der Waals surface area contributed by atoms with E-state index in [1.165, 1.54) is 42.6 Å². The van der Waals surface area contributed by atoms with Crippen LogP contribution in [0, 0.1) is 6.92 Å². The maximum Gasteiger partial charge on any atom is 0.0345 e. The van der Waals surface area contributed by atoms with Gasteiger partial charge in [-0.25, -0.2) is 0 Å². The predicted molar refractivity (Wildman–Crippen MR) is 79.3 cm³/mol. The Kier molecular flexibility index (Phi) is 4.65. The van der Waals surface area contributed by atoms with Gasteiger partial charge in [0, 0.05) is 17.8 Å². The van der Waals surface area contributed by atoms with E-state index in [0.717, 1.165) is 6.42 Å². The standard InChI is InChI=1S/C16H26N2/c1-4-14-11-16(8-7-12(14)2)18-13(3)10-15-6-5-9-17-15/h7-8,11,13,15,17-18H,4-6,9-10H2,1-3H3. The fraction of sp³-hybridized carbons (Fsp3) is 0.625. The largest absolute Gasteiger partial charge is 0.383 e. The summed E-state index contributed by atoms with van der Waals surface area (Å²) in [7, 11) is 0. The summed E-state index contributed by atoms with van der Waals surface area (Å²) in [5, 5.41) is 7.20. The first kappa shape index (κ1) is 13.4. The molecule has 1 fully saturated rings. The van der Waals surface area contributed by atoms with Crippen LogP contribution in [0.15, 0.2) is 18.2 Å². The highest BCUT2D eigenvalue weighted by Crippen LogP contribution is 2.19. The Hall–Kier alpha value is -1.02. The van der Waals surface area contributed by atoms with Crippen LogP contribution < -0.4 is 10.6 Å². The molecule has 0 radical (unpaired) electrons. The lowest BCUT2D eigenvalue weighted by Gasteiger charge is -2.20. The summed E-state index contributed by atoms with van der Waals surface area (Å²) < 4.78 is 0. The van der Waals surface area contributed by atoms with Gasteiger partial charge in [-0.05, 0) is 69.3 Å². The second-order valence-electron chi connectivity index (χ2n) is 5.57. The van der Waals surface area contributed by atoms with Gasteiger partial charge in [0.1, 0.15) is 0 Å². The second-order valence-corrected chi connectivity index (χ2v) is 5.57. The number of anilines is 1. The number of benzene rings is 1. The Morgan fingerprint density at radius 3 is 2.94 bits per heavy atom. The van der Waals surface area contributed by atoms with E-state index in [1.807, 2.05) is 0 Å². The lowest BCUT2D eigenvalue weighted by molar-refractivity contribution is 0.523. The molecule has 2 atom stereocenters. The lowest BCUT2D eigenvalue weighted by atomic mass is 10.0. The molecular weight excluding hydrogens is 220 g/mol. The molecule has 0 amide bonds. The van der Waals surface area contributed by atoms with Gasteiger partial charge in [0.25, 0.3) is 0 Å². The summed E-state index contributed by atoms with van der Waals surface area (Å²) in [5.74, 6) is 0. The Balaban J connectivity index is 1.91. The van der Waals surface area contributed by atoms with Crippen LogP contribution in [0.3, 0.4) is 0 Å². The minimum Gasteiger partial charge on any atom is -0.383 e. The first-order chi connectivity index (χ1) is 8.69. The van der Waals surface area contributed by atoms with Crippen molar-refractivity contribution in [1.82, 2.24) is 5.32 Å². The quantitative estimate of drug-likeness (QED) is 0.831. The van der Waals surface area contributed by atoms with Gasteiger partial charge < -0.3 is 10.6 Å². The molecule has 0 saturated carbocycles. The van der Waals surface area contributed by atoms with Crippen LogP contribution >= 0.6 is 0 Å². The van der Waals surface area contributed by atoms with E-state index in [0.29, 0.717) is 12.1 Å². The van der Waals surface area contributed by atoms with Gasteiger partial charge in [-0.1, -0.05) is 13.0 Å².